The van der Waals surface area contributed by atoms with Crippen molar-refractivity contribution in [2.24, 2.45) is 0 Å². The van der Waals surface area contributed by atoms with E-state index in [4.69, 9.17) is 9.47 Å². The van der Waals surface area contributed by atoms with Crippen LogP contribution in [-0.2, 0) is 13.0 Å². The quantitative estimate of drug-likeness (QED) is 0.341. The molecule has 0 aliphatic rings. The van der Waals surface area contributed by atoms with Crippen molar-refractivity contribution in [1.29, 1.82) is 0 Å². The van der Waals surface area contributed by atoms with Crippen LogP contribution in [0.25, 0.3) is 11.1 Å². The van der Waals surface area contributed by atoms with Gasteiger partial charge < -0.3 is 20.1 Å². The number of nitrogens with one attached hydrogen (secondary N) is 2. The molecule has 0 aliphatic carbocycles. The molecule has 4 aromatic rings. The fraction of sp³-hybridized carbons (Fsp3) is 0.143. The molecule has 6 heteroatoms. The summed E-state index contributed by atoms with van der Waals surface area (Å²) in [5.74, 6) is 1.60. The zero-order valence-corrected chi connectivity index (χ0v) is 19.0. The standard InChI is InChI=1S/C28H27N3O3/c1-33-27-11-5-4-10-26(27)25-9-3-2-8-22(25)16-18-34-24-14-12-23(13-15-24)31-28(32)30-20-21-7-6-17-29-19-21/h2-15,17,19H,16,18,20H2,1H3,(H2,30,31,32). The van der Waals surface area contributed by atoms with Gasteiger partial charge in [-0.15, -0.1) is 0 Å². The summed E-state index contributed by atoms with van der Waals surface area (Å²) in [4.78, 5) is 16.1. The van der Waals surface area contributed by atoms with Crippen LogP contribution in [0.1, 0.15) is 11.1 Å². The zero-order chi connectivity index (χ0) is 23.6. The summed E-state index contributed by atoms with van der Waals surface area (Å²) in [6.07, 6.45) is 4.18. The number of aromatic nitrogens is 1. The SMILES string of the molecule is COc1ccccc1-c1ccccc1CCOc1ccc(NC(=O)NCc2cccnc2)cc1. The van der Waals surface area contributed by atoms with Crippen molar-refractivity contribution in [3.05, 3.63) is 108 Å². The van der Waals surface area contributed by atoms with Gasteiger partial charge in [-0.2, -0.15) is 0 Å². The number of nitrogens with zero attached hydrogens (tertiary/aromatic N) is 1. The highest BCUT2D eigenvalue weighted by molar-refractivity contribution is 5.89. The van der Waals surface area contributed by atoms with Gasteiger partial charge >= 0.3 is 6.03 Å². The van der Waals surface area contributed by atoms with Crippen LogP contribution in [0.2, 0.25) is 0 Å². The van der Waals surface area contributed by atoms with Gasteiger partial charge in [0.1, 0.15) is 11.5 Å². The van der Waals surface area contributed by atoms with Crippen molar-refractivity contribution in [2.45, 2.75) is 13.0 Å². The molecule has 34 heavy (non-hydrogen) atoms. The third-order valence-corrected chi connectivity index (χ3v) is 5.34. The predicted octanol–water partition coefficient (Wildman–Crippen LogP) is 5.70. The topological polar surface area (TPSA) is 72.5 Å². The molecule has 0 saturated heterocycles. The van der Waals surface area contributed by atoms with Crippen LogP contribution >= 0.6 is 0 Å². The lowest BCUT2D eigenvalue weighted by molar-refractivity contribution is 0.251. The van der Waals surface area contributed by atoms with Crippen LogP contribution in [0.5, 0.6) is 11.5 Å². The average Bonchev–Trinajstić information content (AvgIpc) is 2.89. The van der Waals surface area contributed by atoms with E-state index in [2.05, 4.69) is 33.8 Å². The molecule has 0 unspecified atom stereocenters. The van der Waals surface area contributed by atoms with Crippen LogP contribution in [0.15, 0.2) is 97.3 Å². The highest BCUT2D eigenvalue weighted by Gasteiger charge is 2.10. The maximum atomic E-state index is 12.1. The van der Waals surface area contributed by atoms with Crippen molar-refractivity contribution in [3.8, 4) is 22.6 Å². The third kappa shape index (κ3) is 6.13. The molecule has 0 radical (unpaired) electrons. The van der Waals surface area contributed by atoms with Gasteiger partial charge in [0.05, 0.1) is 13.7 Å². The lowest BCUT2D eigenvalue weighted by atomic mass is 9.97. The highest BCUT2D eigenvalue weighted by Crippen LogP contribution is 2.32. The van der Waals surface area contributed by atoms with Gasteiger partial charge in [0, 0.05) is 36.6 Å². The van der Waals surface area contributed by atoms with Gasteiger partial charge in [-0.3, -0.25) is 4.98 Å². The second-order valence-electron chi connectivity index (χ2n) is 7.65. The number of anilines is 1. The molecule has 0 bridgehead atoms. The van der Waals surface area contributed by atoms with E-state index in [1.165, 1.54) is 5.56 Å². The first-order valence-electron chi connectivity index (χ1n) is 11.1. The minimum absolute atomic E-state index is 0.273. The largest absolute Gasteiger partial charge is 0.496 e. The number of rotatable bonds is 9. The summed E-state index contributed by atoms with van der Waals surface area (Å²) in [5.41, 5.74) is 5.03. The van der Waals surface area contributed by atoms with Crippen molar-refractivity contribution in [3.63, 3.8) is 0 Å². The summed E-state index contributed by atoms with van der Waals surface area (Å²) in [6.45, 7) is 0.946. The Morgan fingerprint density at radius 1 is 0.882 bits per heavy atom. The van der Waals surface area contributed by atoms with Crippen molar-refractivity contribution in [1.82, 2.24) is 10.3 Å². The Morgan fingerprint density at radius 2 is 1.65 bits per heavy atom. The lowest BCUT2D eigenvalue weighted by Gasteiger charge is -2.14. The lowest BCUT2D eigenvalue weighted by Crippen LogP contribution is -2.28. The molecule has 172 valence electrons. The highest BCUT2D eigenvalue weighted by atomic mass is 16.5. The van der Waals surface area contributed by atoms with Gasteiger partial charge in [-0.1, -0.05) is 48.5 Å². The number of pyridine rings is 1. The number of carbonyl (C=O) groups excluding carboxylic acids is 1. The molecule has 1 aromatic heterocycles. The molecular formula is C28H27N3O3. The van der Waals surface area contributed by atoms with Gasteiger partial charge in [0.2, 0.25) is 0 Å². The number of urea groups is 1. The second-order valence-corrected chi connectivity index (χ2v) is 7.65. The predicted molar refractivity (Wildman–Crippen MR) is 134 cm³/mol. The number of para-hydroxylation sites is 1. The smallest absolute Gasteiger partial charge is 0.319 e. The Labute approximate surface area is 199 Å². The number of ether oxygens (including phenoxy) is 2. The molecule has 1 heterocycles. The van der Waals surface area contributed by atoms with Gasteiger partial charge in [0.15, 0.2) is 0 Å². The van der Waals surface area contributed by atoms with Crippen molar-refractivity contribution < 1.29 is 14.3 Å². The number of amides is 2. The monoisotopic (exact) mass is 453 g/mol. The Balaban J connectivity index is 1.29. The molecule has 2 amide bonds. The van der Waals surface area contributed by atoms with Crippen LogP contribution < -0.4 is 20.1 Å². The maximum absolute atomic E-state index is 12.1. The first-order chi connectivity index (χ1) is 16.7. The van der Waals surface area contributed by atoms with Gasteiger partial charge in [0.25, 0.3) is 0 Å². The van der Waals surface area contributed by atoms with E-state index >= 15 is 0 Å². The van der Waals surface area contributed by atoms with E-state index in [0.717, 1.165) is 34.6 Å². The van der Waals surface area contributed by atoms with E-state index in [-0.39, 0.29) is 6.03 Å². The van der Waals surface area contributed by atoms with Crippen LogP contribution in [-0.4, -0.2) is 24.7 Å². The van der Waals surface area contributed by atoms with E-state index in [1.807, 2.05) is 66.7 Å². The van der Waals surface area contributed by atoms with Crippen molar-refractivity contribution in [2.75, 3.05) is 19.0 Å². The molecule has 3 aromatic carbocycles. The second kappa shape index (κ2) is 11.5. The zero-order valence-electron chi connectivity index (χ0n) is 19.0. The Morgan fingerprint density at radius 3 is 2.41 bits per heavy atom. The summed E-state index contributed by atoms with van der Waals surface area (Å²) >= 11 is 0. The summed E-state index contributed by atoms with van der Waals surface area (Å²) in [5, 5.41) is 5.63. The Kier molecular flexibility index (Phi) is 7.74. The molecule has 2 N–H and O–H groups in total. The van der Waals surface area contributed by atoms with Gasteiger partial charge in [-0.25, -0.2) is 4.79 Å². The molecule has 4 rings (SSSR count). The first-order valence-corrected chi connectivity index (χ1v) is 11.1. The van der Waals surface area contributed by atoms with Crippen LogP contribution in [0.4, 0.5) is 10.5 Å². The molecule has 0 saturated carbocycles. The molecule has 0 spiro atoms. The molecular weight excluding hydrogens is 426 g/mol. The van der Waals surface area contributed by atoms with Gasteiger partial charge in [-0.05, 0) is 53.1 Å². The number of carbonyl (C=O) groups is 1. The van der Waals surface area contributed by atoms with E-state index in [9.17, 15) is 4.79 Å². The van der Waals surface area contributed by atoms with E-state index in [0.29, 0.717) is 18.8 Å². The Bertz CT molecular complexity index is 1210. The van der Waals surface area contributed by atoms with Crippen molar-refractivity contribution >= 4 is 11.7 Å². The first kappa shape index (κ1) is 22.9. The number of benzene rings is 3. The average molecular weight is 454 g/mol. The van der Waals surface area contributed by atoms with E-state index in [1.54, 1.807) is 19.5 Å². The Hall–Kier alpha value is -4.32. The molecule has 0 aliphatic heterocycles. The third-order valence-electron chi connectivity index (χ3n) is 5.34. The molecule has 0 atom stereocenters. The summed E-state index contributed by atoms with van der Waals surface area (Å²) in [6, 6.07) is 27.1. The molecule has 0 fully saturated rings. The minimum atomic E-state index is -0.273. The fourth-order valence-corrected chi connectivity index (χ4v) is 3.64. The summed E-state index contributed by atoms with van der Waals surface area (Å²) < 4.78 is 11.5. The maximum Gasteiger partial charge on any atom is 0.319 e. The number of methoxy groups -OCH3 is 1. The summed E-state index contributed by atoms with van der Waals surface area (Å²) in [7, 11) is 1.69. The van der Waals surface area contributed by atoms with Crippen LogP contribution in [0.3, 0.4) is 0 Å². The molecule has 6 nitrogen and oxygen atoms in total. The minimum Gasteiger partial charge on any atom is -0.496 e. The fourth-order valence-electron chi connectivity index (χ4n) is 3.64. The number of hydrogen-bond acceptors (Lipinski definition) is 4. The van der Waals surface area contributed by atoms with E-state index < -0.39 is 0 Å². The normalized spacial score (nSPS) is 10.4. The van der Waals surface area contributed by atoms with Crippen LogP contribution in [0, 0.1) is 0 Å². The number of hydrogen-bond donors (Lipinski definition) is 2.